The summed E-state index contributed by atoms with van der Waals surface area (Å²) in [5.41, 5.74) is 1.28. The highest BCUT2D eigenvalue weighted by atomic mass is 16.5. The Morgan fingerprint density at radius 1 is 0.978 bits per heavy atom. The number of carbonyl (C=O) groups is 4. The lowest BCUT2D eigenvalue weighted by molar-refractivity contribution is -0.130. The lowest BCUT2D eigenvalue weighted by atomic mass is 10.0. The molecule has 0 aromatic heterocycles. The molecule has 3 rings (SSSR count). The van der Waals surface area contributed by atoms with Crippen LogP contribution in [0.25, 0.3) is 0 Å². The number of ether oxygens (including phenoxy) is 3. The number of hydrogen-bond donors (Lipinski definition) is 4. The van der Waals surface area contributed by atoms with Crippen molar-refractivity contribution in [1.29, 1.82) is 0 Å². The van der Waals surface area contributed by atoms with Crippen molar-refractivity contribution >= 4 is 23.6 Å². The van der Waals surface area contributed by atoms with E-state index in [2.05, 4.69) is 21.3 Å². The minimum atomic E-state index is -0.983. The molecule has 246 valence electrons. The first kappa shape index (κ1) is 35.2. The van der Waals surface area contributed by atoms with Gasteiger partial charge >= 0.3 is 0 Å². The molecule has 0 aliphatic carbocycles. The number of methoxy groups -OCH3 is 2. The number of aryl methyl sites for hydroxylation is 1. The molecule has 0 unspecified atom stereocenters. The lowest BCUT2D eigenvalue weighted by Crippen LogP contribution is -2.53. The molecule has 0 bridgehead atoms. The van der Waals surface area contributed by atoms with Crippen molar-refractivity contribution in [3.8, 4) is 17.2 Å². The first-order valence-corrected chi connectivity index (χ1v) is 15.6. The quantitative estimate of drug-likeness (QED) is 0.297. The zero-order valence-electron chi connectivity index (χ0n) is 27.2. The Balaban J connectivity index is 1.77. The molecule has 4 amide bonds. The molecule has 0 fully saturated rings. The highest BCUT2D eigenvalue weighted by molar-refractivity contribution is 5.99. The minimum Gasteiger partial charge on any atom is -0.493 e. The Morgan fingerprint density at radius 3 is 2.40 bits per heavy atom. The van der Waals surface area contributed by atoms with Crippen molar-refractivity contribution in [2.75, 3.05) is 27.4 Å². The molecule has 45 heavy (non-hydrogen) atoms. The predicted octanol–water partition coefficient (Wildman–Crippen LogP) is 3.40. The summed E-state index contributed by atoms with van der Waals surface area (Å²) < 4.78 is 16.7. The molecule has 11 heteroatoms. The average Bonchev–Trinajstić information content (AvgIpc) is 3.02. The molecular formula is C34H48N4O7. The molecule has 1 heterocycles. The standard InChI is InChI=1S/C34H48N4O7/c1-21(2)18-26-34(42)38-27(22(3)4)20-45-28-12-8-7-11-24(28)32(40)37-25(14-16-31(39)36-26)33(41)35-17-9-10-23-13-15-29(43-5)30(19-23)44-6/h7-8,11-13,15,19,21-22,25-27H,9-10,14,16-18,20H2,1-6H3,(H,35,41)(H,36,39)(H,37,40)(H,38,42)/t25-,26+,27+/m0/s1. The van der Waals surface area contributed by atoms with E-state index in [-0.39, 0.29) is 54.7 Å². The summed E-state index contributed by atoms with van der Waals surface area (Å²) in [7, 11) is 3.16. The maximum Gasteiger partial charge on any atom is 0.255 e. The second kappa shape index (κ2) is 17.3. The summed E-state index contributed by atoms with van der Waals surface area (Å²) in [5.74, 6) is 0.239. The zero-order valence-corrected chi connectivity index (χ0v) is 27.2. The van der Waals surface area contributed by atoms with Gasteiger partial charge < -0.3 is 35.5 Å². The molecule has 0 spiro atoms. The Morgan fingerprint density at radius 2 is 1.71 bits per heavy atom. The monoisotopic (exact) mass is 624 g/mol. The Kier molecular flexibility index (Phi) is 13.5. The molecule has 1 aliphatic heterocycles. The van der Waals surface area contributed by atoms with Gasteiger partial charge in [0.1, 0.15) is 24.4 Å². The fraction of sp³-hybridized carbons (Fsp3) is 0.529. The van der Waals surface area contributed by atoms with Crippen LogP contribution in [-0.2, 0) is 20.8 Å². The van der Waals surface area contributed by atoms with Gasteiger partial charge in [0.25, 0.3) is 5.91 Å². The Hall–Kier alpha value is -4.28. The largest absolute Gasteiger partial charge is 0.493 e. The van der Waals surface area contributed by atoms with E-state index in [1.165, 1.54) is 0 Å². The summed E-state index contributed by atoms with van der Waals surface area (Å²) >= 11 is 0. The number of fused-ring (bicyclic) bond motifs is 1. The fourth-order valence-electron chi connectivity index (χ4n) is 5.06. The molecule has 0 radical (unpaired) electrons. The van der Waals surface area contributed by atoms with Crippen LogP contribution in [-0.4, -0.2) is 69.1 Å². The number of amides is 4. The van der Waals surface area contributed by atoms with Gasteiger partial charge in [-0.05, 0) is 67.3 Å². The van der Waals surface area contributed by atoms with Crippen LogP contribution in [0.5, 0.6) is 17.2 Å². The molecule has 11 nitrogen and oxygen atoms in total. The highest BCUT2D eigenvalue weighted by Crippen LogP contribution is 2.28. The second-order valence-electron chi connectivity index (χ2n) is 12.1. The third-order valence-corrected chi connectivity index (χ3v) is 7.71. The molecule has 0 saturated heterocycles. The van der Waals surface area contributed by atoms with E-state index in [4.69, 9.17) is 14.2 Å². The first-order chi connectivity index (χ1) is 21.5. The van der Waals surface area contributed by atoms with E-state index in [1.54, 1.807) is 38.5 Å². The number of benzene rings is 2. The lowest BCUT2D eigenvalue weighted by Gasteiger charge is -2.27. The summed E-state index contributed by atoms with van der Waals surface area (Å²) in [5, 5.41) is 11.6. The van der Waals surface area contributed by atoms with Crippen LogP contribution in [0.2, 0.25) is 0 Å². The zero-order chi connectivity index (χ0) is 32.9. The number of nitrogens with one attached hydrogen (secondary N) is 4. The maximum atomic E-state index is 13.4. The molecule has 4 N–H and O–H groups in total. The van der Waals surface area contributed by atoms with Gasteiger partial charge in [0, 0.05) is 13.0 Å². The van der Waals surface area contributed by atoms with Crippen LogP contribution in [0.4, 0.5) is 0 Å². The highest BCUT2D eigenvalue weighted by Gasteiger charge is 2.29. The minimum absolute atomic E-state index is 0.0286. The van der Waals surface area contributed by atoms with Crippen LogP contribution in [0, 0.1) is 11.8 Å². The molecule has 3 atom stereocenters. The van der Waals surface area contributed by atoms with Crippen LogP contribution in [0.3, 0.4) is 0 Å². The Labute approximate surface area is 266 Å². The second-order valence-corrected chi connectivity index (χ2v) is 12.1. The third kappa shape index (κ3) is 10.7. The van der Waals surface area contributed by atoms with Gasteiger partial charge in [-0.3, -0.25) is 19.2 Å². The van der Waals surface area contributed by atoms with Gasteiger partial charge in [0.05, 0.1) is 25.8 Å². The topological polar surface area (TPSA) is 144 Å². The molecule has 2 aromatic carbocycles. The number of carbonyl (C=O) groups excluding carboxylic acids is 4. The van der Waals surface area contributed by atoms with E-state index in [1.807, 2.05) is 45.9 Å². The summed E-state index contributed by atoms with van der Waals surface area (Å²) in [6.45, 7) is 8.38. The summed E-state index contributed by atoms with van der Waals surface area (Å²) in [6, 6.07) is 10.4. The summed E-state index contributed by atoms with van der Waals surface area (Å²) in [6.07, 6.45) is 1.76. The molecule has 1 aliphatic rings. The van der Waals surface area contributed by atoms with Gasteiger partial charge in [0.2, 0.25) is 17.7 Å². The van der Waals surface area contributed by atoms with Gasteiger partial charge in [-0.25, -0.2) is 0 Å². The van der Waals surface area contributed by atoms with E-state index >= 15 is 0 Å². The normalized spacial score (nSPS) is 19.6. The van der Waals surface area contributed by atoms with E-state index in [0.29, 0.717) is 43.1 Å². The number of para-hydroxylation sites is 1. The smallest absolute Gasteiger partial charge is 0.255 e. The SMILES string of the molecule is COc1ccc(CCCNC(=O)[C@@H]2CCC(=O)N[C@H](CC(C)C)C(=O)N[C@@H](C(C)C)COc3ccccc3C(=O)N2)cc1OC. The third-order valence-electron chi connectivity index (χ3n) is 7.71. The molecule has 0 saturated carbocycles. The molecule has 2 aromatic rings. The fourth-order valence-corrected chi connectivity index (χ4v) is 5.06. The number of hydrogen-bond acceptors (Lipinski definition) is 7. The van der Waals surface area contributed by atoms with Gasteiger partial charge in [-0.2, -0.15) is 0 Å². The summed E-state index contributed by atoms with van der Waals surface area (Å²) in [4.78, 5) is 53.2. The van der Waals surface area contributed by atoms with Crippen molar-refractivity contribution in [3.63, 3.8) is 0 Å². The Bertz CT molecular complexity index is 1310. The van der Waals surface area contributed by atoms with Gasteiger partial charge in [-0.1, -0.05) is 45.9 Å². The van der Waals surface area contributed by atoms with E-state index in [0.717, 1.165) is 5.56 Å². The molecular weight excluding hydrogens is 576 g/mol. The van der Waals surface area contributed by atoms with Crippen LogP contribution >= 0.6 is 0 Å². The van der Waals surface area contributed by atoms with Crippen molar-refractivity contribution in [2.24, 2.45) is 11.8 Å². The van der Waals surface area contributed by atoms with Crippen molar-refractivity contribution in [1.82, 2.24) is 21.3 Å². The average molecular weight is 625 g/mol. The van der Waals surface area contributed by atoms with Crippen LogP contribution in [0.1, 0.15) is 69.3 Å². The van der Waals surface area contributed by atoms with Gasteiger partial charge in [0.15, 0.2) is 11.5 Å². The maximum absolute atomic E-state index is 13.4. The predicted molar refractivity (Wildman–Crippen MR) is 171 cm³/mol. The van der Waals surface area contributed by atoms with Crippen LogP contribution < -0.4 is 35.5 Å². The first-order valence-electron chi connectivity index (χ1n) is 15.6. The van der Waals surface area contributed by atoms with E-state index in [9.17, 15) is 19.2 Å². The van der Waals surface area contributed by atoms with Crippen molar-refractivity contribution in [3.05, 3.63) is 53.6 Å². The van der Waals surface area contributed by atoms with Crippen molar-refractivity contribution < 1.29 is 33.4 Å². The van der Waals surface area contributed by atoms with Crippen molar-refractivity contribution in [2.45, 2.75) is 77.9 Å². The van der Waals surface area contributed by atoms with E-state index < -0.39 is 23.9 Å². The van der Waals surface area contributed by atoms with Gasteiger partial charge in [-0.15, -0.1) is 0 Å². The van der Waals surface area contributed by atoms with Crippen LogP contribution in [0.15, 0.2) is 42.5 Å². The number of rotatable bonds is 10.